The molecule has 1 aromatic rings. The number of piperidine rings is 1. The van der Waals surface area contributed by atoms with Crippen LogP contribution in [-0.2, 0) is 4.79 Å². The first kappa shape index (κ1) is 17.9. The van der Waals surface area contributed by atoms with Crippen LogP contribution in [0.3, 0.4) is 0 Å². The van der Waals surface area contributed by atoms with Gasteiger partial charge in [-0.1, -0.05) is 12.8 Å². The normalized spacial score (nSPS) is 19.6. The first-order valence-corrected chi connectivity index (χ1v) is 9.65. The van der Waals surface area contributed by atoms with E-state index in [9.17, 15) is 4.79 Å². The highest BCUT2D eigenvalue weighted by Crippen LogP contribution is 2.31. The second-order valence-electron chi connectivity index (χ2n) is 7.34. The van der Waals surface area contributed by atoms with Crippen LogP contribution < -0.4 is 4.74 Å². The summed E-state index contributed by atoms with van der Waals surface area (Å²) in [7, 11) is 0. The van der Waals surface area contributed by atoms with Crippen LogP contribution in [0.2, 0.25) is 0 Å². The van der Waals surface area contributed by atoms with Crippen LogP contribution in [0.4, 0.5) is 0 Å². The second-order valence-corrected chi connectivity index (χ2v) is 7.34. The maximum Gasteiger partial charge on any atom is 0.139 e. The summed E-state index contributed by atoms with van der Waals surface area (Å²) in [4.78, 5) is 15.0. The first-order chi connectivity index (χ1) is 12.3. The number of nitrogens with zero attached hydrogens (tertiary/aromatic N) is 2. The summed E-state index contributed by atoms with van der Waals surface area (Å²) >= 11 is 0. The molecule has 0 aromatic heterocycles. The number of hydrogen-bond acceptors (Lipinski definition) is 4. The van der Waals surface area contributed by atoms with Gasteiger partial charge in [-0.05, 0) is 69.5 Å². The molecule has 1 aromatic carbocycles. The molecule has 0 bridgehead atoms. The lowest BCUT2D eigenvalue weighted by Crippen LogP contribution is -2.38. The second kappa shape index (κ2) is 9.01. The number of Topliss-reactive ketones (excluding diaryl/α,β-unsaturated/α-hetero) is 1. The summed E-state index contributed by atoms with van der Waals surface area (Å²) in [6.45, 7) is 3.80. The van der Waals surface area contributed by atoms with Gasteiger partial charge in [-0.3, -0.25) is 4.79 Å². The van der Waals surface area contributed by atoms with Gasteiger partial charge in [-0.25, -0.2) is 0 Å². The Morgan fingerprint density at radius 2 is 1.72 bits per heavy atom. The van der Waals surface area contributed by atoms with E-state index in [2.05, 4.69) is 11.0 Å². The van der Waals surface area contributed by atoms with Crippen LogP contribution >= 0.6 is 0 Å². The molecule has 1 saturated heterocycles. The first-order valence-electron chi connectivity index (χ1n) is 9.65. The molecule has 4 nitrogen and oxygen atoms in total. The summed E-state index contributed by atoms with van der Waals surface area (Å²) in [5.74, 6) is 2.06. The summed E-state index contributed by atoms with van der Waals surface area (Å²) in [6.07, 6.45) is 7.80. The van der Waals surface area contributed by atoms with Crippen molar-refractivity contribution < 1.29 is 9.53 Å². The molecule has 0 unspecified atom stereocenters. The van der Waals surface area contributed by atoms with Crippen molar-refractivity contribution in [3.8, 4) is 11.8 Å². The molecular formula is C21H28N2O2. The number of ether oxygens (including phenoxy) is 1. The molecule has 1 heterocycles. The zero-order valence-electron chi connectivity index (χ0n) is 15.0. The van der Waals surface area contributed by atoms with Crippen molar-refractivity contribution in [2.45, 2.75) is 44.9 Å². The number of rotatable bonds is 7. The molecule has 134 valence electrons. The number of nitriles is 1. The van der Waals surface area contributed by atoms with E-state index in [1.54, 1.807) is 12.1 Å². The van der Waals surface area contributed by atoms with Gasteiger partial charge in [0.2, 0.25) is 0 Å². The minimum absolute atomic E-state index is 0.314. The van der Waals surface area contributed by atoms with Crippen molar-refractivity contribution in [2.75, 3.05) is 26.2 Å². The van der Waals surface area contributed by atoms with Crippen LogP contribution in [-0.4, -0.2) is 36.9 Å². The maximum absolute atomic E-state index is 12.5. The van der Waals surface area contributed by atoms with Gasteiger partial charge >= 0.3 is 0 Å². The van der Waals surface area contributed by atoms with Crippen LogP contribution in [0.5, 0.6) is 5.75 Å². The Balaban J connectivity index is 1.31. The predicted molar refractivity (Wildman–Crippen MR) is 97.4 cm³/mol. The zero-order valence-corrected chi connectivity index (χ0v) is 15.0. The van der Waals surface area contributed by atoms with Gasteiger partial charge in [0.25, 0.3) is 0 Å². The molecule has 4 heteroatoms. The number of carbonyl (C=O) groups excluding carboxylic acids is 1. The molecule has 3 rings (SSSR count). The third-order valence-electron chi connectivity index (χ3n) is 5.62. The Bertz CT molecular complexity index is 591. The molecule has 0 radical (unpaired) electrons. The molecule has 2 fully saturated rings. The molecule has 0 amide bonds. The average Bonchev–Trinajstić information content (AvgIpc) is 3.20. The van der Waals surface area contributed by atoms with Gasteiger partial charge < -0.3 is 9.64 Å². The molecule has 25 heavy (non-hydrogen) atoms. The van der Waals surface area contributed by atoms with Crippen LogP contribution in [0, 0.1) is 23.2 Å². The lowest BCUT2D eigenvalue weighted by atomic mass is 9.85. The van der Waals surface area contributed by atoms with Crippen molar-refractivity contribution in [3.63, 3.8) is 0 Å². The van der Waals surface area contributed by atoms with E-state index in [4.69, 9.17) is 10.00 Å². The molecule has 0 spiro atoms. The molecule has 0 N–H and O–H groups in total. The molecule has 1 aliphatic carbocycles. The highest BCUT2D eigenvalue weighted by atomic mass is 16.5. The molecule has 1 aliphatic heterocycles. The fraction of sp³-hybridized carbons (Fsp3) is 0.619. The Morgan fingerprint density at radius 3 is 2.36 bits per heavy atom. The van der Waals surface area contributed by atoms with Gasteiger partial charge in [0.05, 0.1) is 18.2 Å². The fourth-order valence-corrected chi connectivity index (χ4v) is 4.09. The molecule has 0 atom stereocenters. The minimum atomic E-state index is 0.314. The van der Waals surface area contributed by atoms with Gasteiger partial charge in [0.15, 0.2) is 0 Å². The van der Waals surface area contributed by atoms with E-state index in [1.807, 2.05) is 12.1 Å². The lowest BCUT2D eigenvalue weighted by molar-refractivity contribution is -0.128. The Morgan fingerprint density at radius 1 is 1.08 bits per heavy atom. The van der Waals surface area contributed by atoms with E-state index < -0.39 is 0 Å². The smallest absolute Gasteiger partial charge is 0.139 e. The quantitative estimate of drug-likeness (QED) is 0.709. The van der Waals surface area contributed by atoms with Crippen molar-refractivity contribution in [1.82, 2.24) is 4.90 Å². The number of hydrogen-bond donors (Lipinski definition) is 0. The average molecular weight is 340 g/mol. The topological polar surface area (TPSA) is 53.3 Å². The lowest BCUT2D eigenvalue weighted by Gasteiger charge is -2.32. The van der Waals surface area contributed by atoms with Gasteiger partial charge in [-0.15, -0.1) is 0 Å². The van der Waals surface area contributed by atoms with Crippen LogP contribution in [0.1, 0.15) is 50.5 Å². The van der Waals surface area contributed by atoms with E-state index in [-0.39, 0.29) is 0 Å². The maximum atomic E-state index is 12.5. The predicted octanol–water partition coefficient (Wildman–Crippen LogP) is 3.80. The molecule has 2 aliphatic rings. The highest BCUT2D eigenvalue weighted by molar-refractivity contribution is 5.83. The number of carbonyl (C=O) groups is 1. The van der Waals surface area contributed by atoms with Gasteiger partial charge in [0, 0.05) is 18.4 Å². The third-order valence-corrected chi connectivity index (χ3v) is 5.62. The summed E-state index contributed by atoms with van der Waals surface area (Å²) < 4.78 is 5.73. The molecule has 1 saturated carbocycles. The Kier molecular flexibility index (Phi) is 6.47. The SMILES string of the molecule is N#Cc1ccc(OCCCN2CCC(C(=O)C3CCCC3)CC2)cc1. The van der Waals surface area contributed by atoms with Gasteiger partial charge in [-0.2, -0.15) is 5.26 Å². The zero-order chi connectivity index (χ0) is 17.5. The van der Waals surface area contributed by atoms with Crippen molar-refractivity contribution in [1.29, 1.82) is 5.26 Å². The highest BCUT2D eigenvalue weighted by Gasteiger charge is 2.31. The van der Waals surface area contributed by atoms with Crippen molar-refractivity contribution in [3.05, 3.63) is 29.8 Å². The van der Waals surface area contributed by atoms with Crippen molar-refractivity contribution in [2.24, 2.45) is 11.8 Å². The van der Waals surface area contributed by atoms with Gasteiger partial charge in [0.1, 0.15) is 11.5 Å². The van der Waals surface area contributed by atoms with Crippen molar-refractivity contribution >= 4 is 5.78 Å². The van der Waals surface area contributed by atoms with E-state index in [0.717, 1.165) is 57.5 Å². The summed E-state index contributed by atoms with van der Waals surface area (Å²) in [5.41, 5.74) is 0.655. The third kappa shape index (κ3) is 5.06. The summed E-state index contributed by atoms with van der Waals surface area (Å²) in [6, 6.07) is 9.36. The largest absolute Gasteiger partial charge is 0.494 e. The number of ketones is 1. The van der Waals surface area contributed by atoms with E-state index in [1.165, 1.54) is 12.8 Å². The van der Waals surface area contributed by atoms with Crippen LogP contribution in [0.15, 0.2) is 24.3 Å². The van der Waals surface area contributed by atoms with E-state index >= 15 is 0 Å². The fourth-order valence-electron chi connectivity index (χ4n) is 4.09. The monoisotopic (exact) mass is 340 g/mol. The Hall–Kier alpha value is -1.86. The standard InChI is InChI=1S/C21H28N2O2/c22-16-17-6-8-20(9-7-17)25-15-3-12-23-13-10-19(11-14-23)21(24)18-4-1-2-5-18/h6-9,18-19H,1-5,10-15H2. The van der Waals surface area contributed by atoms with Crippen LogP contribution in [0.25, 0.3) is 0 Å². The molecular weight excluding hydrogens is 312 g/mol. The number of likely N-dealkylation sites (tertiary alicyclic amines) is 1. The summed E-state index contributed by atoms with van der Waals surface area (Å²) in [5, 5.41) is 8.78. The Labute approximate surface area is 150 Å². The minimum Gasteiger partial charge on any atom is -0.494 e. The van der Waals surface area contributed by atoms with E-state index in [0.29, 0.717) is 29.8 Å². The number of benzene rings is 1.